The van der Waals surface area contributed by atoms with Gasteiger partial charge < -0.3 is 5.43 Å². The summed E-state index contributed by atoms with van der Waals surface area (Å²) >= 11 is 0. The maximum Gasteiger partial charge on any atom is 0.0219 e. The lowest BCUT2D eigenvalue weighted by Gasteiger charge is -2.05. The first-order valence-corrected chi connectivity index (χ1v) is 3.46. The summed E-state index contributed by atoms with van der Waals surface area (Å²) in [4.78, 5) is 0. The third kappa shape index (κ3) is 4.03. The van der Waals surface area contributed by atoms with Crippen molar-refractivity contribution in [3.05, 3.63) is 11.8 Å². The normalized spacial score (nSPS) is 11.7. The lowest BCUT2D eigenvalue weighted by atomic mass is 10.3. The first kappa shape index (κ1) is 8.50. The summed E-state index contributed by atoms with van der Waals surface area (Å²) in [5.41, 5.74) is 7.19. The summed E-state index contributed by atoms with van der Waals surface area (Å²) in [5, 5.41) is 0. The standard InChI is InChI=1S/C7H16N2/c1-4-6-7(5-2)9-8-3/h6,8-9H,4-5H2,1-3H3/b7-6+. The van der Waals surface area contributed by atoms with Crippen LogP contribution in [0.4, 0.5) is 0 Å². The molecule has 0 heterocycles. The van der Waals surface area contributed by atoms with Crippen molar-refractivity contribution in [2.24, 2.45) is 0 Å². The lowest BCUT2D eigenvalue weighted by molar-refractivity contribution is 0.663. The van der Waals surface area contributed by atoms with Crippen molar-refractivity contribution in [2.75, 3.05) is 7.05 Å². The Morgan fingerprint density at radius 2 is 2.11 bits per heavy atom. The van der Waals surface area contributed by atoms with Gasteiger partial charge in [0, 0.05) is 12.7 Å². The minimum absolute atomic E-state index is 1.06. The maximum atomic E-state index is 3.04. The molecule has 0 aromatic heterocycles. The topological polar surface area (TPSA) is 24.1 Å². The highest BCUT2D eigenvalue weighted by molar-refractivity contribution is 4.96. The second kappa shape index (κ2) is 5.63. The Morgan fingerprint density at radius 3 is 2.44 bits per heavy atom. The summed E-state index contributed by atoms with van der Waals surface area (Å²) < 4.78 is 0. The van der Waals surface area contributed by atoms with Crippen LogP contribution in [0.25, 0.3) is 0 Å². The number of hydrogen-bond acceptors (Lipinski definition) is 2. The van der Waals surface area contributed by atoms with E-state index >= 15 is 0 Å². The molecule has 0 aliphatic rings. The zero-order valence-electron chi connectivity index (χ0n) is 6.49. The van der Waals surface area contributed by atoms with E-state index in [1.165, 1.54) is 5.70 Å². The zero-order valence-corrected chi connectivity index (χ0v) is 6.49. The smallest absolute Gasteiger partial charge is 0.0219 e. The average molecular weight is 128 g/mol. The summed E-state index contributed by atoms with van der Waals surface area (Å²) in [6.07, 6.45) is 4.34. The van der Waals surface area contributed by atoms with Crippen molar-refractivity contribution < 1.29 is 0 Å². The van der Waals surface area contributed by atoms with Crippen molar-refractivity contribution in [1.82, 2.24) is 10.9 Å². The van der Waals surface area contributed by atoms with Crippen LogP contribution in [0.5, 0.6) is 0 Å². The highest BCUT2D eigenvalue weighted by Crippen LogP contribution is 1.94. The van der Waals surface area contributed by atoms with Crippen molar-refractivity contribution in [3.63, 3.8) is 0 Å². The van der Waals surface area contributed by atoms with Crippen LogP contribution in [0.15, 0.2) is 11.8 Å². The highest BCUT2D eigenvalue weighted by Gasteiger charge is 1.85. The van der Waals surface area contributed by atoms with E-state index in [1.54, 1.807) is 0 Å². The molecule has 0 rings (SSSR count). The Morgan fingerprint density at radius 1 is 1.44 bits per heavy atom. The number of hydrazine groups is 1. The molecule has 2 nitrogen and oxygen atoms in total. The van der Waals surface area contributed by atoms with Crippen LogP contribution >= 0.6 is 0 Å². The number of rotatable bonds is 4. The number of hydrogen-bond donors (Lipinski definition) is 2. The van der Waals surface area contributed by atoms with E-state index in [0.717, 1.165) is 12.8 Å². The van der Waals surface area contributed by atoms with Crippen molar-refractivity contribution in [3.8, 4) is 0 Å². The van der Waals surface area contributed by atoms with Gasteiger partial charge in [0.1, 0.15) is 0 Å². The van der Waals surface area contributed by atoms with E-state index in [-0.39, 0.29) is 0 Å². The molecule has 0 saturated heterocycles. The van der Waals surface area contributed by atoms with E-state index in [0.29, 0.717) is 0 Å². The van der Waals surface area contributed by atoms with E-state index in [4.69, 9.17) is 0 Å². The largest absolute Gasteiger partial charge is 0.326 e. The van der Waals surface area contributed by atoms with E-state index in [9.17, 15) is 0 Å². The predicted octanol–water partition coefficient (Wildman–Crippen LogP) is 1.41. The van der Waals surface area contributed by atoms with Gasteiger partial charge in [0.15, 0.2) is 0 Å². The van der Waals surface area contributed by atoms with Crippen LogP contribution in [-0.4, -0.2) is 7.05 Å². The molecule has 0 amide bonds. The molecule has 0 radical (unpaired) electrons. The monoisotopic (exact) mass is 128 g/mol. The second-order valence-corrected chi connectivity index (χ2v) is 1.87. The van der Waals surface area contributed by atoms with Crippen LogP contribution in [-0.2, 0) is 0 Å². The minimum atomic E-state index is 1.06. The Kier molecular flexibility index (Phi) is 5.32. The molecule has 0 aromatic carbocycles. The summed E-state index contributed by atoms with van der Waals surface area (Å²) in [6.45, 7) is 4.26. The van der Waals surface area contributed by atoms with Gasteiger partial charge in [-0.25, -0.2) is 5.43 Å². The van der Waals surface area contributed by atoms with Crippen molar-refractivity contribution in [2.45, 2.75) is 26.7 Å². The molecule has 0 aromatic rings. The summed E-state index contributed by atoms with van der Waals surface area (Å²) in [5.74, 6) is 0. The quantitative estimate of drug-likeness (QED) is 0.559. The van der Waals surface area contributed by atoms with Gasteiger partial charge in [-0.05, 0) is 12.8 Å². The number of allylic oxidation sites excluding steroid dienone is 2. The fraction of sp³-hybridized carbons (Fsp3) is 0.714. The molecule has 0 atom stereocenters. The molecule has 0 saturated carbocycles. The van der Waals surface area contributed by atoms with E-state index in [1.807, 2.05) is 7.05 Å². The van der Waals surface area contributed by atoms with Gasteiger partial charge in [0.25, 0.3) is 0 Å². The molecule has 2 heteroatoms. The van der Waals surface area contributed by atoms with E-state index in [2.05, 4.69) is 30.8 Å². The zero-order chi connectivity index (χ0) is 7.11. The maximum absolute atomic E-state index is 3.04. The lowest BCUT2D eigenvalue weighted by Crippen LogP contribution is -2.26. The molecule has 0 unspecified atom stereocenters. The molecule has 2 N–H and O–H groups in total. The Hall–Kier alpha value is -0.500. The minimum Gasteiger partial charge on any atom is -0.326 e. The third-order valence-electron chi connectivity index (χ3n) is 1.12. The van der Waals surface area contributed by atoms with Gasteiger partial charge in [-0.3, -0.25) is 0 Å². The van der Waals surface area contributed by atoms with Crippen molar-refractivity contribution >= 4 is 0 Å². The molecule has 0 aliphatic carbocycles. The Labute approximate surface area is 57.3 Å². The van der Waals surface area contributed by atoms with Crippen LogP contribution in [0.1, 0.15) is 26.7 Å². The van der Waals surface area contributed by atoms with Gasteiger partial charge in [-0.1, -0.05) is 19.9 Å². The molecule has 0 spiro atoms. The van der Waals surface area contributed by atoms with Crippen LogP contribution < -0.4 is 10.9 Å². The van der Waals surface area contributed by atoms with Gasteiger partial charge in [0.2, 0.25) is 0 Å². The fourth-order valence-electron chi connectivity index (χ4n) is 0.691. The van der Waals surface area contributed by atoms with Crippen LogP contribution in [0.2, 0.25) is 0 Å². The molecule has 9 heavy (non-hydrogen) atoms. The molecule has 0 fully saturated rings. The second-order valence-electron chi connectivity index (χ2n) is 1.87. The van der Waals surface area contributed by atoms with E-state index < -0.39 is 0 Å². The summed E-state index contributed by atoms with van der Waals surface area (Å²) in [7, 11) is 1.87. The van der Waals surface area contributed by atoms with Crippen LogP contribution in [0.3, 0.4) is 0 Å². The molecular formula is C7H16N2. The van der Waals surface area contributed by atoms with Gasteiger partial charge in [0.05, 0.1) is 0 Å². The van der Waals surface area contributed by atoms with Gasteiger partial charge in [-0.15, -0.1) is 0 Å². The Balaban J connectivity index is 3.53. The average Bonchev–Trinajstić information content (AvgIpc) is 1.88. The van der Waals surface area contributed by atoms with Gasteiger partial charge in [-0.2, -0.15) is 0 Å². The number of nitrogens with one attached hydrogen (secondary N) is 2. The Bertz CT molecular complexity index is 86.9. The molecule has 54 valence electrons. The molecule has 0 aliphatic heterocycles. The SMILES string of the molecule is CC/C=C(\CC)NNC. The van der Waals surface area contributed by atoms with Gasteiger partial charge >= 0.3 is 0 Å². The summed E-state index contributed by atoms with van der Waals surface area (Å²) in [6, 6.07) is 0. The van der Waals surface area contributed by atoms with Crippen molar-refractivity contribution in [1.29, 1.82) is 0 Å². The third-order valence-corrected chi connectivity index (χ3v) is 1.12. The first-order valence-electron chi connectivity index (χ1n) is 3.46. The van der Waals surface area contributed by atoms with Crippen LogP contribution in [0, 0.1) is 0 Å². The predicted molar refractivity (Wildman–Crippen MR) is 40.9 cm³/mol. The molecule has 0 bridgehead atoms. The fourth-order valence-corrected chi connectivity index (χ4v) is 0.691. The molecular weight excluding hydrogens is 112 g/mol. The first-order chi connectivity index (χ1) is 4.35. The highest BCUT2D eigenvalue weighted by atomic mass is 15.3.